The van der Waals surface area contributed by atoms with E-state index in [0.29, 0.717) is 10.9 Å². The van der Waals surface area contributed by atoms with Gasteiger partial charge in [0.25, 0.3) is 0 Å². The average Bonchev–Trinajstić information content (AvgIpc) is 2.68. The summed E-state index contributed by atoms with van der Waals surface area (Å²) in [4.78, 5) is 0.342. The summed E-state index contributed by atoms with van der Waals surface area (Å²) in [5.74, 6) is 0. The molecule has 0 radical (unpaired) electrons. The number of hydrogen-bond donors (Lipinski definition) is 1. The van der Waals surface area contributed by atoms with E-state index in [0.717, 1.165) is 5.69 Å². The highest BCUT2D eigenvalue weighted by molar-refractivity contribution is 7.89. The molecule has 1 aromatic carbocycles. The molecule has 0 saturated heterocycles. The third kappa shape index (κ3) is 3.73. The summed E-state index contributed by atoms with van der Waals surface area (Å²) in [7, 11) is -0.230. The number of hydrogen-bond acceptors (Lipinski definition) is 3. The van der Waals surface area contributed by atoms with E-state index in [4.69, 9.17) is 0 Å². The van der Waals surface area contributed by atoms with E-state index in [2.05, 4.69) is 5.32 Å². The van der Waals surface area contributed by atoms with Crippen LogP contribution in [0.1, 0.15) is 38.5 Å². The van der Waals surface area contributed by atoms with E-state index in [-0.39, 0.29) is 0 Å². The van der Waals surface area contributed by atoms with E-state index in [1.54, 1.807) is 26.2 Å². The first-order valence-electron chi connectivity index (χ1n) is 7.29. The predicted molar refractivity (Wildman–Crippen MR) is 82.4 cm³/mol. The molecule has 2 rings (SSSR count). The van der Waals surface area contributed by atoms with Crippen molar-refractivity contribution >= 4 is 15.7 Å². The fourth-order valence-corrected chi connectivity index (χ4v) is 3.50. The lowest BCUT2D eigenvalue weighted by Crippen LogP contribution is -2.22. The van der Waals surface area contributed by atoms with Crippen molar-refractivity contribution in [2.75, 3.05) is 19.4 Å². The van der Waals surface area contributed by atoms with Crippen molar-refractivity contribution < 1.29 is 8.42 Å². The van der Waals surface area contributed by atoms with Crippen LogP contribution < -0.4 is 5.32 Å². The van der Waals surface area contributed by atoms with Crippen molar-refractivity contribution in [1.29, 1.82) is 0 Å². The number of nitrogens with one attached hydrogen (secondary N) is 1. The van der Waals surface area contributed by atoms with Gasteiger partial charge in [-0.15, -0.1) is 0 Å². The highest BCUT2D eigenvalue weighted by atomic mass is 32.2. The molecule has 0 heterocycles. The van der Waals surface area contributed by atoms with Crippen LogP contribution in [-0.4, -0.2) is 32.9 Å². The summed E-state index contributed by atoms with van der Waals surface area (Å²) in [6.45, 7) is 0. The summed E-state index contributed by atoms with van der Waals surface area (Å²) in [6.07, 6.45) is 7.64. The maximum atomic E-state index is 12.0. The van der Waals surface area contributed by atoms with Crippen molar-refractivity contribution in [3.05, 3.63) is 24.3 Å². The third-order valence-electron chi connectivity index (χ3n) is 3.86. The predicted octanol–water partition coefficient (Wildman–Crippen LogP) is 3.07. The van der Waals surface area contributed by atoms with Crippen molar-refractivity contribution in [3.63, 3.8) is 0 Å². The molecule has 1 N–H and O–H groups in total. The number of anilines is 1. The number of rotatable bonds is 4. The minimum atomic E-state index is -3.33. The van der Waals surface area contributed by atoms with E-state index >= 15 is 0 Å². The van der Waals surface area contributed by atoms with E-state index in [1.807, 2.05) is 12.1 Å². The summed E-state index contributed by atoms with van der Waals surface area (Å²) in [5, 5.41) is 3.52. The zero-order valence-corrected chi connectivity index (χ0v) is 13.1. The van der Waals surface area contributed by atoms with Crippen LogP contribution in [0.4, 0.5) is 5.69 Å². The zero-order valence-electron chi connectivity index (χ0n) is 12.3. The molecule has 5 heteroatoms. The van der Waals surface area contributed by atoms with Gasteiger partial charge in [-0.3, -0.25) is 0 Å². The van der Waals surface area contributed by atoms with Gasteiger partial charge in [-0.05, 0) is 37.1 Å². The van der Waals surface area contributed by atoms with Gasteiger partial charge in [0.2, 0.25) is 10.0 Å². The van der Waals surface area contributed by atoms with Crippen LogP contribution >= 0.6 is 0 Å². The Kier molecular flexibility index (Phi) is 5.05. The molecule has 0 aliphatic heterocycles. The van der Waals surface area contributed by atoms with Gasteiger partial charge < -0.3 is 5.32 Å². The largest absolute Gasteiger partial charge is 0.382 e. The van der Waals surface area contributed by atoms with Gasteiger partial charge in [-0.2, -0.15) is 0 Å². The standard InChI is InChI=1S/C15H24N2O2S/c1-17(2)20(18,19)15-11-9-14(10-12-15)16-13-7-5-3-4-6-8-13/h9-13,16H,3-8H2,1-2H3. The summed E-state index contributed by atoms with van der Waals surface area (Å²) < 4.78 is 25.2. The third-order valence-corrected chi connectivity index (χ3v) is 5.69. The van der Waals surface area contributed by atoms with Gasteiger partial charge in [0, 0.05) is 25.8 Å². The number of sulfonamides is 1. The second-order valence-electron chi connectivity index (χ2n) is 5.64. The van der Waals surface area contributed by atoms with E-state index < -0.39 is 10.0 Å². The van der Waals surface area contributed by atoms with Crippen molar-refractivity contribution in [3.8, 4) is 0 Å². The highest BCUT2D eigenvalue weighted by Crippen LogP contribution is 2.22. The molecular weight excluding hydrogens is 272 g/mol. The Hall–Kier alpha value is -1.07. The molecule has 4 nitrogen and oxygen atoms in total. The van der Waals surface area contributed by atoms with Crippen LogP contribution in [0.3, 0.4) is 0 Å². The fraction of sp³-hybridized carbons (Fsp3) is 0.600. The second-order valence-corrected chi connectivity index (χ2v) is 7.80. The maximum absolute atomic E-state index is 12.0. The topological polar surface area (TPSA) is 49.4 Å². The van der Waals surface area contributed by atoms with Gasteiger partial charge in [0.15, 0.2) is 0 Å². The number of nitrogens with zero attached hydrogens (tertiary/aromatic N) is 1. The molecule has 0 amide bonds. The Labute approximate surface area is 122 Å². The Morgan fingerprint density at radius 1 is 1.00 bits per heavy atom. The van der Waals surface area contributed by atoms with Gasteiger partial charge in [-0.25, -0.2) is 12.7 Å². The monoisotopic (exact) mass is 296 g/mol. The Bertz CT molecular complexity index is 515. The zero-order chi connectivity index (χ0) is 14.6. The SMILES string of the molecule is CN(C)S(=O)(=O)c1ccc(NC2CCCCCC2)cc1. The van der Waals surface area contributed by atoms with Crippen LogP contribution in [0.2, 0.25) is 0 Å². The second kappa shape index (κ2) is 6.59. The smallest absolute Gasteiger partial charge is 0.242 e. The fourth-order valence-electron chi connectivity index (χ4n) is 2.59. The molecule has 1 aliphatic rings. The average molecular weight is 296 g/mol. The molecule has 0 bridgehead atoms. The molecular formula is C15H24N2O2S. The van der Waals surface area contributed by atoms with Crippen molar-refractivity contribution in [2.24, 2.45) is 0 Å². The molecule has 1 aliphatic carbocycles. The summed E-state index contributed by atoms with van der Waals surface area (Å²) >= 11 is 0. The van der Waals surface area contributed by atoms with Gasteiger partial charge >= 0.3 is 0 Å². The maximum Gasteiger partial charge on any atom is 0.242 e. The number of benzene rings is 1. The molecule has 112 valence electrons. The minimum absolute atomic E-state index is 0.342. The molecule has 1 aromatic rings. The highest BCUT2D eigenvalue weighted by Gasteiger charge is 2.17. The molecule has 0 aromatic heterocycles. The first-order chi connectivity index (χ1) is 9.50. The molecule has 0 unspecified atom stereocenters. The van der Waals surface area contributed by atoms with Gasteiger partial charge in [-0.1, -0.05) is 25.7 Å². The summed E-state index contributed by atoms with van der Waals surface area (Å²) in [6, 6.07) is 7.60. The summed E-state index contributed by atoms with van der Waals surface area (Å²) in [5.41, 5.74) is 1.01. The first kappa shape index (κ1) is 15.3. The quantitative estimate of drug-likeness (QED) is 0.869. The van der Waals surface area contributed by atoms with Crippen molar-refractivity contribution in [2.45, 2.75) is 49.5 Å². The Balaban J connectivity index is 2.05. The molecule has 1 fully saturated rings. The Morgan fingerprint density at radius 3 is 2.05 bits per heavy atom. The lowest BCUT2D eigenvalue weighted by Gasteiger charge is -2.18. The van der Waals surface area contributed by atoms with Crippen LogP contribution in [0.15, 0.2) is 29.2 Å². The van der Waals surface area contributed by atoms with Gasteiger partial charge in [0.1, 0.15) is 0 Å². The normalized spacial score (nSPS) is 17.9. The molecule has 20 heavy (non-hydrogen) atoms. The van der Waals surface area contributed by atoms with E-state index in [9.17, 15) is 8.42 Å². The van der Waals surface area contributed by atoms with Crippen LogP contribution in [-0.2, 0) is 10.0 Å². The van der Waals surface area contributed by atoms with E-state index in [1.165, 1.54) is 42.8 Å². The van der Waals surface area contributed by atoms with Crippen LogP contribution in [0.25, 0.3) is 0 Å². The molecule has 0 atom stereocenters. The molecule has 0 spiro atoms. The van der Waals surface area contributed by atoms with Crippen molar-refractivity contribution in [1.82, 2.24) is 4.31 Å². The lowest BCUT2D eigenvalue weighted by molar-refractivity contribution is 0.521. The molecule has 1 saturated carbocycles. The van der Waals surface area contributed by atoms with Crippen LogP contribution in [0, 0.1) is 0 Å². The lowest BCUT2D eigenvalue weighted by atomic mass is 10.1. The van der Waals surface area contributed by atoms with Gasteiger partial charge in [0.05, 0.1) is 4.90 Å². The van der Waals surface area contributed by atoms with Crippen LogP contribution in [0.5, 0.6) is 0 Å². The Morgan fingerprint density at radius 2 is 1.55 bits per heavy atom. The first-order valence-corrected chi connectivity index (χ1v) is 8.73. The minimum Gasteiger partial charge on any atom is -0.382 e.